The molecule has 4 nitrogen and oxygen atoms in total. The van der Waals surface area contributed by atoms with Crippen LogP contribution in [0.15, 0.2) is 48.5 Å². The number of carbonyl (C=O) groups is 1. The van der Waals surface area contributed by atoms with E-state index < -0.39 is 6.61 Å². The van der Waals surface area contributed by atoms with Gasteiger partial charge >= 0.3 is 6.61 Å². The summed E-state index contributed by atoms with van der Waals surface area (Å²) < 4.78 is 28.6. The van der Waals surface area contributed by atoms with Gasteiger partial charge in [-0.2, -0.15) is 8.78 Å². The molecule has 1 atom stereocenters. The van der Waals surface area contributed by atoms with Gasteiger partial charge in [-0.15, -0.1) is 0 Å². The van der Waals surface area contributed by atoms with Crippen LogP contribution in [-0.2, 0) is 17.8 Å². The highest BCUT2D eigenvalue weighted by molar-refractivity contribution is 5.78. The Bertz CT molecular complexity index is 718. The highest BCUT2D eigenvalue weighted by atomic mass is 19.3. The lowest BCUT2D eigenvalue weighted by molar-refractivity contribution is -0.129. The lowest BCUT2D eigenvalue weighted by atomic mass is 10.1. The van der Waals surface area contributed by atoms with Gasteiger partial charge in [0.05, 0.1) is 6.54 Å². The van der Waals surface area contributed by atoms with E-state index in [0.29, 0.717) is 6.54 Å². The van der Waals surface area contributed by atoms with Crippen molar-refractivity contribution in [3.63, 3.8) is 0 Å². The number of carbonyl (C=O) groups excluding carboxylic acids is 1. The van der Waals surface area contributed by atoms with Crippen molar-refractivity contribution in [1.82, 2.24) is 10.2 Å². The molecule has 0 saturated heterocycles. The summed E-state index contributed by atoms with van der Waals surface area (Å²) in [5.41, 5.74) is 3.26. The number of benzene rings is 2. The van der Waals surface area contributed by atoms with E-state index in [-0.39, 0.29) is 24.2 Å². The zero-order valence-electron chi connectivity index (χ0n) is 15.9. The third kappa shape index (κ3) is 6.64. The Labute approximate surface area is 159 Å². The fourth-order valence-electron chi connectivity index (χ4n) is 2.67. The number of alkyl halides is 2. The average Bonchev–Trinajstić information content (AvgIpc) is 2.67. The van der Waals surface area contributed by atoms with Crippen molar-refractivity contribution in [3.8, 4) is 5.75 Å². The molecule has 0 aliphatic rings. The number of ether oxygens (including phenoxy) is 1. The third-order valence-electron chi connectivity index (χ3n) is 4.44. The van der Waals surface area contributed by atoms with Gasteiger partial charge in [-0.1, -0.05) is 43.3 Å². The van der Waals surface area contributed by atoms with Crippen LogP contribution in [0.2, 0.25) is 0 Å². The molecular weight excluding hydrogens is 350 g/mol. The Hall–Kier alpha value is -2.47. The van der Waals surface area contributed by atoms with Crippen LogP contribution in [0, 0.1) is 0 Å². The summed E-state index contributed by atoms with van der Waals surface area (Å²) in [5.74, 6) is 0.0623. The quantitative estimate of drug-likeness (QED) is 0.715. The fraction of sp³-hybridized carbons (Fsp3) is 0.381. The lowest BCUT2D eigenvalue weighted by Crippen LogP contribution is -2.36. The van der Waals surface area contributed by atoms with Crippen LogP contribution < -0.4 is 10.1 Å². The molecule has 2 aromatic rings. The zero-order chi connectivity index (χ0) is 19.8. The lowest BCUT2D eigenvalue weighted by Gasteiger charge is -2.20. The minimum Gasteiger partial charge on any atom is -0.435 e. The molecule has 0 aliphatic carbocycles. The molecule has 0 fully saturated rings. The Balaban J connectivity index is 1.82. The molecular formula is C21H26F2N2O2. The number of halogens is 2. The maximum Gasteiger partial charge on any atom is 0.387 e. The second-order valence-electron chi connectivity index (χ2n) is 6.47. The van der Waals surface area contributed by atoms with E-state index in [1.165, 1.54) is 17.7 Å². The second-order valence-corrected chi connectivity index (χ2v) is 6.47. The predicted octanol–water partition coefficient (Wildman–Crippen LogP) is 4.16. The number of nitrogens with zero attached hydrogens (tertiary/aromatic N) is 1. The van der Waals surface area contributed by atoms with Gasteiger partial charge in [-0.05, 0) is 42.2 Å². The molecule has 1 N–H and O–H groups in total. The van der Waals surface area contributed by atoms with E-state index >= 15 is 0 Å². The summed E-state index contributed by atoms with van der Waals surface area (Å²) in [4.78, 5) is 13.9. The predicted molar refractivity (Wildman–Crippen MR) is 102 cm³/mol. The minimum atomic E-state index is -2.84. The van der Waals surface area contributed by atoms with Crippen molar-refractivity contribution in [2.45, 2.75) is 39.5 Å². The van der Waals surface area contributed by atoms with E-state index in [1.807, 2.05) is 6.92 Å². The van der Waals surface area contributed by atoms with Gasteiger partial charge in [-0.25, -0.2) is 0 Å². The third-order valence-corrected chi connectivity index (χ3v) is 4.44. The molecule has 146 valence electrons. The smallest absolute Gasteiger partial charge is 0.387 e. The fourth-order valence-corrected chi connectivity index (χ4v) is 2.67. The van der Waals surface area contributed by atoms with Crippen LogP contribution in [0.4, 0.5) is 8.78 Å². The van der Waals surface area contributed by atoms with Crippen LogP contribution in [0.1, 0.15) is 36.6 Å². The molecule has 0 aliphatic heterocycles. The first kappa shape index (κ1) is 20.8. The van der Waals surface area contributed by atoms with Gasteiger partial charge in [0, 0.05) is 19.6 Å². The van der Waals surface area contributed by atoms with Gasteiger partial charge in [0.25, 0.3) is 0 Å². The summed E-state index contributed by atoms with van der Waals surface area (Å²) in [5, 5.41) is 3.24. The van der Waals surface area contributed by atoms with Crippen LogP contribution in [0.5, 0.6) is 5.75 Å². The minimum absolute atomic E-state index is 0.0417. The largest absolute Gasteiger partial charge is 0.435 e. The van der Waals surface area contributed by atoms with Crippen molar-refractivity contribution in [2.24, 2.45) is 0 Å². The Morgan fingerprint density at radius 3 is 2.22 bits per heavy atom. The van der Waals surface area contributed by atoms with E-state index in [0.717, 1.165) is 17.5 Å². The molecule has 1 unspecified atom stereocenters. The molecule has 0 aromatic heterocycles. The Kier molecular flexibility index (Phi) is 7.73. The van der Waals surface area contributed by atoms with Crippen molar-refractivity contribution in [1.29, 1.82) is 0 Å². The molecule has 2 rings (SSSR count). The number of nitrogens with one attached hydrogen (secondary N) is 1. The average molecular weight is 376 g/mol. The van der Waals surface area contributed by atoms with Gasteiger partial charge in [-0.3, -0.25) is 4.79 Å². The van der Waals surface area contributed by atoms with Gasteiger partial charge in [0.1, 0.15) is 5.75 Å². The molecule has 1 amide bonds. The summed E-state index contributed by atoms with van der Waals surface area (Å²) in [6.07, 6.45) is 1.00. The maximum atomic E-state index is 12.3. The summed E-state index contributed by atoms with van der Waals surface area (Å²) in [7, 11) is 1.72. The van der Waals surface area contributed by atoms with E-state index in [1.54, 1.807) is 24.1 Å². The zero-order valence-corrected chi connectivity index (χ0v) is 15.9. The highest BCUT2D eigenvalue weighted by Crippen LogP contribution is 2.16. The summed E-state index contributed by atoms with van der Waals surface area (Å²) in [6, 6.07) is 14.7. The summed E-state index contributed by atoms with van der Waals surface area (Å²) >= 11 is 0. The maximum absolute atomic E-state index is 12.3. The SMILES string of the molecule is CCc1ccc(C(C)NCC(=O)N(C)Cc2ccc(OC(F)F)cc2)cc1. The van der Waals surface area contributed by atoms with E-state index in [4.69, 9.17) is 0 Å². The topological polar surface area (TPSA) is 41.6 Å². The van der Waals surface area contributed by atoms with Gasteiger partial charge in [0.2, 0.25) is 5.91 Å². The van der Waals surface area contributed by atoms with Crippen molar-refractivity contribution < 1.29 is 18.3 Å². The van der Waals surface area contributed by atoms with Crippen LogP contribution in [0.25, 0.3) is 0 Å². The first-order valence-electron chi connectivity index (χ1n) is 8.99. The molecule has 0 saturated carbocycles. The van der Waals surface area contributed by atoms with E-state index in [9.17, 15) is 13.6 Å². The number of likely N-dealkylation sites (N-methyl/N-ethyl adjacent to an activating group) is 1. The monoisotopic (exact) mass is 376 g/mol. The van der Waals surface area contributed by atoms with Gasteiger partial charge < -0.3 is 15.0 Å². The summed E-state index contributed by atoms with van der Waals surface area (Å²) in [6.45, 7) is 1.92. The second kappa shape index (κ2) is 10.0. The first-order chi connectivity index (χ1) is 12.9. The van der Waals surface area contributed by atoms with Crippen LogP contribution in [-0.4, -0.2) is 31.0 Å². The molecule has 0 spiro atoms. The Morgan fingerprint density at radius 2 is 1.67 bits per heavy atom. The number of hydrogen-bond acceptors (Lipinski definition) is 3. The van der Waals surface area contributed by atoms with Crippen LogP contribution >= 0.6 is 0 Å². The van der Waals surface area contributed by atoms with Crippen molar-refractivity contribution >= 4 is 5.91 Å². The molecule has 0 heterocycles. The van der Waals surface area contributed by atoms with Crippen molar-refractivity contribution in [3.05, 3.63) is 65.2 Å². The standard InChI is InChI=1S/C21H26F2N2O2/c1-4-16-5-9-18(10-6-16)15(2)24-13-20(26)25(3)14-17-7-11-19(12-8-17)27-21(22)23/h5-12,15,21,24H,4,13-14H2,1-3H3. The van der Waals surface area contributed by atoms with E-state index in [2.05, 4.69) is 41.2 Å². The highest BCUT2D eigenvalue weighted by Gasteiger charge is 2.12. The number of amides is 1. The van der Waals surface area contributed by atoms with Crippen LogP contribution in [0.3, 0.4) is 0 Å². The van der Waals surface area contributed by atoms with Gasteiger partial charge in [0.15, 0.2) is 0 Å². The molecule has 0 bridgehead atoms. The van der Waals surface area contributed by atoms with Crippen molar-refractivity contribution in [2.75, 3.05) is 13.6 Å². The Morgan fingerprint density at radius 1 is 1.07 bits per heavy atom. The molecule has 2 aromatic carbocycles. The molecule has 27 heavy (non-hydrogen) atoms. The first-order valence-corrected chi connectivity index (χ1v) is 8.99. The molecule has 6 heteroatoms. The normalized spacial score (nSPS) is 12.1. The number of hydrogen-bond donors (Lipinski definition) is 1. The number of rotatable bonds is 9. The molecule has 0 radical (unpaired) electrons. The number of aryl methyl sites for hydroxylation is 1.